The first-order valence-electron chi connectivity index (χ1n) is 8.83. The Bertz CT molecular complexity index is 717. The van der Waals surface area contributed by atoms with Gasteiger partial charge in [-0.3, -0.25) is 9.48 Å². The summed E-state index contributed by atoms with van der Waals surface area (Å²) < 4.78 is 1.78. The molecular weight excluding hydrogens is 387 g/mol. The second-order valence-corrected chi connectivity index (χ2v) is 6.39. The van der Waals surface area contributed by atoms with Crippen LogP contribution in [0.1, 0.15) is 25.3 Å². The number of aromatic nitrogens is 3. The molecule has 3 rings (SSSR count). The maximum Gasteiger partial charge on any atom is 0.229 e. The van der Waals surface area contributed by atoms with E-state index in [2.05, 4.69) is 39.5 Å². The van der Waals surface area contributed by atoms with Gasteiger partial charge in [-0.25, -0.2) is 4.98 Å². The van der Waals surface area contributed by atoms with Crippen molar-refractivity contribution in [3.63, 3.8) is 0 Å². The molecule has 1 aliphatic heterocycles. The molecule has 7 nitrogen and oxygen atoms in total. The zero-order chi connectivity index (χ0) is 17.8. The number of pyridine rings is 1. The van der Waals surface area contributed by atoms with Gasteiger partial charge in [0, 0.05) is 45.3 Å². The van der Waals surface area contributed by atoms with E-state index in [1.54, 1.807) is 10.9 Å². The van der Waals surface area contributed by atoms with Gasteiger partial charge in [0.1, 0.15) is 5.82 Å². The fourth-order valence-electron chi connectivity index (χ4n) is 3.37. The van der Waals surface area contributed by atoms with E-state index in [4.69, 9.17) is 0 Å². The van der Waals surface area contributed by atoms with Crippen LogP contribution >= 0.6 is 24.8 Å². The van der Waals surface area contributed by atoms with E-state index in [0.29, 0.717) is 6.54 Å². The molecule has 1 fully saturated rings. The number of carbonyl (C=O) groups is 1. The quantitative estimate of drug-likeness (QED) is 0.758. The first-order chi connectivity index (χ1) is 12.1. The minimum Gasteiger partial charge on any atom is -0.357 e. The summed E-state index contributed by atoms with van der Waals surface area (Å²) in [4.78, 5) is 19.4. The predicted octanol–water partition coefficient (Wildman–Crippen LogP) is 2.45. The molecule has 1 amide bonds. The zero-order valence-electron chi connectivity index (χ0n) is 15.9. The zero-order valence-corrected chi connectivity index (χ0v) is 17.5. The van der Waals surface area contributed by atoms with Crippen LogP contribution in [0.5, 0.6) is 0 Å². The van der Waals surface area contributed by atoms with Crippen LogP contribution in [0.15, 0.2) is 30.7 Å². The minimum absolute atomic E-state index is 0. The fourth-order valence-corrected chi connectivity index (χ4v) is 3.37. The summed E-state index contributed by atoms with van der Waals surface area (Å²) in [7, 11) is 1.89. The van der Waals surface area contributed by atoms with Gasteiger partial charge in [0.05, 0.1) is 24.0 Å². The SMILES string of the molecule is CCN(CC)c1ccc(NC(=O)[C@H]2CNC[C@@H]2c2cnn(C)c2)cn1.Cl.Cl. The molecule has 2 aromatic rings. The van der Waals surface area contributed by atoms with E-state index >= 15 is 0 Å². The smallest absolute Gasteiger partial charge is 0.229 e. The molecule has 3 heterocycles. The van der Waals surface area contributed by atoms with Gasteiger partial charge in [-0.1, -0.05) is 0 Å². The largest absolute Gasteiger partial charge is 0.357 e. The third-order valence-corrected chi connectivity index (χ3v) is 4.81. The van der Waals surface area contributed by atoms with Crippen LogP contribution in [0.3, 0.4) is 0 Å². The highest BCUT2D eigenvalue weighted by molar-refractivity contribution is 5.93. The lowest BCUT2D eigenvalue weighted by molar-refractivity contribution is -0.119. The van der Waals surface area contributed by atoms with Crippen LogP contribution in [0.2, 0.25) is 0 Å². The van der Waals surface area contributed by atoms with Crippen molar-refractivity contribution in [1.82, 2.24) is 20.1 Å². The van der Waals surface area contributed by atoms with E-state index in [9.17, 15) is 4.79 Å². The van der Waals surface area contributed by atoms with E-state index in [1.807, 2.05) is 31.6 Å². The van der Waals surface area contributed by atoms with Crippen LogP contribution in [0, 0.1) is 5.92 Å². The molecule has 0 radical (unpaired) electrons. The summed E-state index contributed by atoms with van der Waals surface area (Å²) in [5.74, 6) is 0.998. The highest BCUT2D eigenvalue weighted by Gasteiger charge is 2.34. The first-order valence-corrected chi connectivity index (χ1v) is 8.83. The molecule has 9 heteroatoms. The Morgan fingerprint density at radius 1 is 1.26 bits per heavy atom. The van der Waals surface area contributed by atoms with Crippen molar-refractivity contribution < 1.29 is 4.79 Å². The van der Waals surface area contributed by atoms with E-state index < -0.39 is 0 Å². The number of carbonyl (C=O) groups excluding carboxylic acids is 1. The van der Waals surface area contributed by atoms with Crippen molar-refractivity contribution in [1.29, 1.82) is 0 Å². The molecule has 1 aliphatic rings. The molecule has 2 aromatic heterocycles. The third-order valence-electron chi connectivity index (χ3n) is 4.81. The van der Waals surface area contributed by atoms with Gasteiger partial charge in [0.15, 0.2) is 0 Å². The van der Waals surface area contributed by atoms with Crippen molar-refractivity contribution in [2.45, 2.75) is 19.8 Å². The van der Waals surface area contributed by atoms with Crippen molar-refractivity contribution in [3.8, 4) is 0 Å². The van der Waals surface area contributed by atoms with E-state index in [0.717, 1.165) is 36.7 Å². The molecule has 150 valence electrons. The van der Waals surface area contributed by atoms with Crippen LogP contribution in [-0.4, -0.2) is 46.9 Å². The number of hydrogen-bond donors (Lipinski definition) is 2. The van der Waals surface area contributed by atoms with Gasteiger partial charge in [-0.15, -0.1) is 24.8 Å². The molecule has 0 bridgehead atoms. The van der Waals surface area contributed by atoms with Crippen molar-refractivity contribution in [2.24, 2.45) is 13.0 Å². The maximum atomic E-state index is 12.7. The van der Waals surface area contributed by atoms with Gasteiger partial charge < -0.3 is 15.5 Å². The predicted molar refractivity (Wildman–Crippen MR) is 113 cm³/mol. The van der Waals surface area contributed by atoms with Gasteiger partial charge in [0.2, 0.25) is 5.91 Å². The number of anilines is 2. The van der Waals surface area contributed by atoms with Crippen molar-refractivity contribution in [3.05, 3.63) is 36.3 Å². The van der Waals surface area contributed by atoms with Gasteiger partial charge in [-0.05, 0) is 31.5 Å². The van der Waals surface area contributed by atoms with E-state index in [1.165, 1.54) is 0 Å². The van der Waals surface area contributed by atoms with Gasteiger partial charge >= 0.3 is 0 Å². The highest BCUT2D eigenvalue weighted by Crippen LogP contribution is 2.29. The lowest BCUT2D eigenvalue weighted by atomic mass is 9.90. The molecule has 0 unspecified atom stereocenters. The summed E-state index contributed by atoms with van der Waals surface area (Å²) >= 11 is 0. The fraction of sp³-hybridized carbons (Fsp3) is 0.500. The Hall–Kier alpha value is -1.83. The number of aryl methyl sites for hydroxylation is 1. The second kappa shape index (κ2) is 10.5. The summed E-state index contributed by atoms with van der Waals surface area (Å²) in [5.41, 5.74) is 1.83. The number of rotatable bonds is 6. The average molecular weight is 415 g/mol. The molecule has 27 heavy (non-hydrogen) atoms. The van der Waals surface area contributed by atoms with Crippen LogP contribution in [0.4, 0.5) is 11.5 Å². The first kappa shape index (κ1) is 23.2. The van der Waals surface area contributed by atoms with Crippen molar-refractivity contribution >= 4 is 42.2 Å². The number of nitrogens with zero attached hydrogens (tertiary/aromatic N) is 4. The molecule has 2 N–H and O–H groups in total. The Morgan fingerprint density at radius 3 is 2.56 bits per heavy atom. The van der Waals surface area contributed by atoms with Crippen molar-refractivity contribution in [2.75, 3.05) is 36.4 Å². The topological polar surface area (TPSA) is 75.1 Å². The molecule has 0 saturated carbocycles. The summed E-state index contributed by atoms with van der Waals surface area (Å²) in [5, 5.41) is 10.5. The Kier molecular flexibility index (Phi) is 9.02. The summed E-state index contributed by atoms with van der Waals surface area (Å²) in [6.45, 7) is 7.50. The van der Waals surface area contributed by atoms with Gasteiger partial charge in [0.25, 0.3) is 0 Å². The van der Waals surface area contributed by atoms with Gasteiger partial charge in [-0.2, -0.15) is 5.10 Å². The molecular formula is C18H28Cl2N6O. The number of nitrogens with one attached hydrogen (secondary N) is 2. The molecule has 0 aliphatic carbocycles. The maximum absolute atomic E-state index is 12.7. The molecule has 0 aromatic carbocycles. The molecule has 0 spiro atoms. The Labute approximate surface area is 172 Å². The third kappa shape index (κ3) is 5.34. The van der Waals surface area contributed by atoms with E-state index in [-0.39, 0.29) is 42.6 Å². The number of hydrogen-bond acceptors (Lipinski definition) is 5. The average Bonchev–Trinajstić information content (AvgIpc) is 3.26. The van der Waals surface area contributed by atoms with Crippen LogP contribution < -0.4 is 15.5 Å². The summed E-state index contributed by atoms with van der Waals surface area (Å²) in [6, 6.07) is 3.87. The molecule has 2 atom stereocenters. The second-order valence-electron chi connectivity index (χ2n) is 6.39. The standard InChI is InChI=1S/C18H26N6O.2ClH/c1-4-24(5-2)17-7-6-14(9-20-17)22-18(25)16-11-19-10-15(16)13-8-21-23(3)12-13;;/h6-9,12,15-16,19H,4-5,10-11H2,1-3H3,(H,22,25);2*1H/t15-,16+;;/m1../s1. The van der Waals surface area contributed by atoms with Crippen LogP contribution in [0.25, 0.3) is 0 Å². The minimum atomic E-state index is -0.105. The highest BCUT2D eigenvalue weighted by atomic mass is 35.5. The monoisotopic (exact) mass is 414 g/mol. The summed E-state index contributed by atoms with van der Waals surface area (Å²) in [6.07, 6.45) is 5.56. The lowest BCUT2D eigenvalue weighted by Gasteiger charge is -2.20. The lowest BCUT2D eigenvalue weighted by Crippen LogP contribution is -2.28. The number of amides is 1. The Balaban J connectivity index is 0.00000182. The number of halogens is 2. The normalized spacial score (nSPS) is 18.3. The Morgan fingerprint density at radius 2 is 2.00 bits per heavy atom. The molecule has 1 saturated heterocycles. The van der Waals surface area contributed by atoms with Crippen LogP contribution in [-0.2, 0) is 11.8 Å².